The fraction of sp³-hybridized carbons (Fsp3) is 0.625. The summed E-state index contributed by atoms with van der Waals surface area (Å²) in [5, 5.41) is 0. The summed E-state index contributed by atoms with van der Waals surface area (Å²) in [6.45, 7) is 6.97. The van der Waals surface area contributed by atoms with Gasteiger partial charge in [-0.1, -0.05) is 43.2 Å². The molecule has 0 atom stereocenters. The molecule has 0 aliphatic carbocycles. The Bertz CT molecular complexity index is 344. The number of piperidine rings is 1. The molecular weight excluding hydrogens is 206 g/mol. The third-order valence-corrected chi connectivity index (χ3v) is 4.34. The van der Waals surface area contributed by atoms with E-state index in [4.69, 9.17) is 0 Å². The van der Waals surface area contributed by atoms with E-state index in [0.717, 1.165) is 0 Å². The molecule has 1 aliphatic heterocycles. The molecule has 0 spiro atoms. The van der Waals surface area contributed by atoms with E-state index < -0.39 is 0 Å². The van der Waals surface area contributed by atoms with Gasteiger partial charge < -0.3 is 4.90 Å². The average Bonchev–Trinajstić information content (AvgIpc) is 2.34. The summed E-state index contributed by atoms with van der Waals surface area (Å²) in [6, 6.07) is 9.25. The maximum absolute atomic E-state index is 2.46. The third-order valence-electron chi connectivity index (χ3n) is 4.34. The molecule has 0 amide bonds. The minimum atomic E-state index is 0.453. The Balaban J connectivity index is 2.24. The molecule has 1 fully saturated rings. The highest BCUT2D eigenvalue weighted by Crippen LogP contribution is 2.39. The first-order chi connectivity index (χ1) is 8.16. The van der Waals surface area contributed by atoms with Gasteiger partial charge >= 0.3 is 0 Å². The smallest absolute Gasteiger partial charge is 0.00133 e. The van der Waals surface area contributed by atoms with E-state index in [-0.39, 0.29) is 0 Å². The average molecular weight is 231 g/mol. The largest absolute Gasteiger partial charge is 0.306 e. The molecule has 1 aliphatic rings. The lowest BCUT2D eigenvalue weighted by atomic mass is 9.70. The molecule has 1 heteroatoms. The molecule has 1 saturated heterocycles. The number of benzene rings is 1. The number of rotatable bonds is 3. The van der Waals surface area contributed by atoms with E-state index in [1.807, 2.05) is 0 Å². The molecule has 94 valence electrons. The third kappa shape index (κ3) is 2.71. The number of hydrogen-bond acceptors (Lipinski definition) is 1. The van der Waals surface area contributed by atoms with Crippen molar-refractivity contribution in [3.63, 3.8) is 0 Å². The SMILES string of the molecule is CCCC1(c2ccc(C)cc2)CCN(C)CC1. The lowest BCUT2D eigenvalue weighted by molar-refractivity contribution is 0.177. The topological polar surface area (TPSA) is 3.24 Å². The van der Waals surface area contributed by atoms with Crippen molar-refractivity contribution in [3.05, 3.63) is 35.4 Å². The fourth-order valence-corrected chi connectivity index (χ4v) is 3.12. The van der Waals surface area contributed by atoms with E-state index in [0.29, 0.717) is 5.41 Å². The molecule has 17 heavy (non-hydrogen) atoms. The highest BCUT2D eigenvalue weighted by Gasteiger charge is 2.34. The van der Waals surface area contributed by atoms with E-state index in [1.54, 1.807) is 5.56 Å². The fourth-order valence-electron chi connectivity index (χ4n) is 3.12. The van der Waals surface area contributed by atoms with E-state index in [1.165, 1.54) is 44.3 Å². The zero-order valence-electron chi connectivity index (χ0n) is 11.5. The summed E-state index contributed by atoms with van der Waals surface area (Å²) in [7, 11) is 2.24. The molecule has 1 aromatic carbocycles. The van der Waals surface area contributed by atoms with Crippen LogP contribution < -0.4 is 0 Å². The second-order valence-corrected chi connectivity index (χ2v) is 5.70. The predicted molar refractivity (Wildman–Crippen MR) is 74.5 cm³/mol. The van der Waals surface area contributed by atoms with Crippen molar-refractivity contribution in [2.45, 2.75) is 44.9 Å². The molecule has 1 heterocycles. The van der Waals surface area contributed by atoms with Gasteiger partial charge in [-0.25, -0.2) is 0 Å². The summed E-state index contributed by atoms with van der Waals surface area (Å²) >= 11 is 0. The van der Waals surface area contributed by atoms with E-state index in [2.05, 4.69) is 50.1 Å². The van der Waals surface area contributed by atoms with Crippen LogP contribution in [-0.4, -0.2) is 25.0 Å². The Hall–Kier alpha value is -0.820. The van der Waals surface area contributed by atoms with Crippen LogP contribution in [0.3, 0.4) is 0 Å². The predicted octanol–water partition coefficient (Wildman–Crippen LogP) is 3.76. The van der Waals surface area contributed by atoms with Gasteiger partial charge in [0.1, 0.15) is 0 Å². The van der Waals surface area contributed by atoms with Crippen LogP contribution in [0.25, 0.3) is 0 Å². The van der Waals surface area contributed by atoms with Crippen molar-refractivity contribution >= 4 is 0 Å². The van der Waals surface area contributed by atoms with Gasteiger partial charge in [0.2, 0.25) is 0 Å². The maximum atomic E-state index is 2.46. The van der Waals surface area contributed by atoms with Gasteiger partial charge in [-0.05, 0) is 57.3 Å². The van der Waals surface area contributed by atoms with Gasteiger partial charge in [0.05, 0.1) is 0 Å². The standard InChI is InChI=1S/C16H25N/c1-4-9-16(10-12-17(3)13-11-16)15-7-5-14(2)6-8-15/h5-8H,4,9-13H2,1-3H3. The molecule has 1 nitrogen and oxygen atoms in total. The highest BCUT2D eigenvalue weighted by molar-refractivity contribution is 5.29. The van der Waals surface area contributed by atoms with Crippen molar-refractivity contribution in [1.82, 2.24) is 4.90 Å². The number of aryl methyl sites for hydroxylation is 1. The van der Waals surface area contributed by atoms with Crippen LogP contribution in [0.5, 0.6) is 0 Å². The summed E-state index contributed by atoms with van der Waals surface area (Å²) < 4.78 is 0. The molecule has 0 aromatic heterocycles. The van der Waals surface area contributed by atoms with Gasteiger partial charge in [-0.15, -0.1) is 0 Å². The van der Waals surface area contributed by atoms with Gasteiger partial charge in [0, 0.05) is 0 Å². The van der Waals surface area contributed by atoms with Crippen molar-refractivity contribution < 1.29 is 0 Å². The second kappa shape index (κ2) is 5.22. The maximum Gasteiger partial charge on any atom is -0.00133 e. The molecular formula is C16H25N. The lowest BCUT2D eigenvalue weighted by Gasteiger charge is -2.41. The Kier molecular flexibility index (Phi) is 3.88. The number of likely N-dealkylation sites (tertiary alicyclic amines) is 1. The summed E-state index contributed by atoms with van der Waals surface area (Å²) in [6.07, 6.45) is 5.27. The molecule has 0 radical (unpaired) electrons. The van der Waals surface area contributed by atoms with Crippen molar-refractivity contribution in [1.29, 1.82) is 0 Å². The van der Waals surface area contributed by atoms with Crippen molar-refractivity contribution in [2.24, 2.45) is 0 Å². The molecule has 0 saturated carbocycles. The quantitative estimate of drug-likeness (QED) is 0.765. The minimum Gasteiger partial charge on any atom is -0.306 e. The van der Waals surface area contributed by atoms with Gasteiger partial charge in [0.25, 0.3) is 0 Å². The number of hydrogen-bond donors (Lipinski definition) is 0. The Morgan fingerprint density at radius 1 is 1.12 bits per heavy atom. The van der Waals surface area contributed by atoms with Crippen LogP contribution in [0.2, 0.25) is 0 Å². The van der Waals surface area contributed by atoms with Crippen LogP contribution in [-0.2, 0) is 5.41 Å². The molecule has 0 bridgehead atoms. The first-order valence-corrected chi connectivity index (χ1v) is 6.92. The first kappa shape index (κ1) is 12.6. The normalized spacial score (nSPS) is 20.4. The summed E-state index contributed by atoms with van der Waals surface area (Å²) in [5.74, 6) is 0. The molecule has 0 unspecified atom stereocenters. The van der Waals surface area contributed by atoms with Gasteiger partial charge in [-0.3, -0.25) is 0 Å². The monoisotopic (exact) mass is 231 g/mol. The van der Waals surface area contributed by atoms with E-state index in [9.17, 15) is 0 Å². The van der Waals surface area contributed by atoms with Gasteiger partial charge in [0.15, 0.2) is 0 Å². The van der Waals surface area contributed by atoms with Crippen molar-refractivity contribution in [2.75, 3.05) is 20.1 Å². The van der Waals surface area contributed by atoms with E-state index >= 15 is 0 Å². The zero-order chi connectivity index (χ0) is 12.3. The van der Waals surface area contributed by atoms with Crippen LogP contribution in [0, 0.1) is 6.92 Å². The second-order valence-electron chi connectivity index (χ2n) is 5.70. The van der Waals surface area contributed by atoms with Crippen molar-refractivity contribution in [3.8, 4) is 0 Å². The lowest BCUT2D eigenvalue weighted by Crippen LogP contribution is -2.40. The van der Waals surface area contributed by atoms with Gasteiger partial charge in [-0.2, -0.15) is 0 Å². The molecule has 0 N–H and O–H groups in total. The zero-order valence-corrected chi connectivity index (χ0v) is 11.5. The molecule has 2 rings (SSSR count). The van der Waals surface area contributed by atoms with Crippen LogP contribution in [0.15, 0.2) is 24.3 Å². The van der Waals surface area contributed by atoms with Crippen LogP contribution >= 0.6 is 0 Å². The Morgan fingerprint density at radius 3 is 2.24 bits per heavy atom. The minimum absolute atomic E-state index is 0.453. The van der Waals surface area contributed by atoms with Crippen LogP contribution in [0.1, 0.15) is 43.7 Å². The van der Waals surface area contributed by atoms with Crippen LogP contribution in [0.4, 0.5) is 0 Å². The first-order valence-electron chi connectivity index (χ1n) is 6.92. The summed E-state index contributed by atoms with van der Waals surface area (Å²) in [5.41, 5.74) is 3.39. The summed E-state index contributed by atoms with van der Waals surface area (Å²) in [4.78, 5) is 2.46. The highest BCUT2D eigenvalue weighted by atomic mass is 15.1. The number of nitrogens with zero attached hydrogens (tertiary/aromatic N) is 1. The molecule has 1 aromatic rings. The Labute approximate surface area is 106 Å². The Morgan fingerprint density at radius 2 is 1.71 bits per heavy atom.